The molecule has 5 rings (SSSR count). The number of aryl methyl sites for hydroxylation is 1. The third kappa shape index (κ3) is 5.11. The van der Waals surface area contributed by atoms with E-state index < -0.39 is 23.5 Å². The number of para-hydroxylation sites is 1. The molecule has 4 aromatic rings. The van der Waals surface area contributed by atoms with Gasteiger partial charge in [0.2, 0.25) is 5.78 Å². The van der Waals surface area contributed by atoms with Crippen LogP contribution in [0.2, 0.25) is 0 Å². The van der Waals surface area contributed by atoms with E-state index in [0.29, 0.717) is 34.6 Å². The molecule has 39 heavy (non-hydrogen) atoms. The zero-order valence-electron chi connectivity index (χ0n) is 22.0. The van der Waals surface area contributed by atoms with E-state index in [1.165, 1.54) is 24.7 Å². The Balaban J connectivity index is 1.45. The van der Waals surface area contributed by atoms with Gasteiger partial charge in [0.1, 0.15) is 12.4 Å². The molecule has 0 radical (unpaired) electrons. The molecule has 0 fully saturated rings. The Hall–Kier alpha value is -4.56. The molecule has 1 aliphatic heterocycles. The van der Waals surface area contributed by atoms with E-state index >= 15 is 0 Å². The fourth-order valence-corrected chi connectivity index (χ4v) is 4.69. The number of nitrogens with zero attached hydrogens (tertiary/aromatic N) is 1. The van der Waals surface area contributed by atoms with Crippen molar-refractivity contribution in [1.29, 1.82) is 0 Å². The van der Waals surface area contributed by atoms with Crippen molar-refractivity contribution in [3.8, 4) is 11.5 Å². The van der Waals surface area contributed by atoms with Crippen molar-refractivity contribution in [2.75, 3.05) is 27.4 Å². The average Bonchev–Trinajstić information content (AvgIpc) is 3.50. The summed E-state index contributed by atoms with van der Waals surface area (Å²) in [7, 11) is 3.04. The molecule has 1 N–H and O–H groups in total. The number of carbonyl (C=O) groups excluding carboxylic acids is 2. The maximum atomic E-state index is 13.7. The average molecular weight is 528 g/mol. The second kappa shape index (κ2) is 11.0. The van der Waals surface area contributed by atoms with Crippen LogP contribution in [0.25, 0.3) is 11.0 Å². The Morgan fingerprint density at radius 3 is 2.46 bits per heavy atom. The minimum atomic E-state index is -0.832. The highest BCUT2D eigenvalue weighted by molar-refractivity contribution is 6.16. The largest absolute Gasteiger partial charge is 0.503 e. The Morgan fingerprint density at radius 2 is 1.77 bits per heavy atom. The number of benzene rings is 3. The minimum Gasteiger partial charge on any atom is -0.503 e. The van der Waals surface area contributed by atoms with Gasteiger partial charge in [0.25, 0.3) is 5.91 Å². The summed E-state index contributed by atoms with van der Waals surface area (Å²) in [6, 6.07) is 21.3. The molecular formula is C31H29NO7. The molecule has 0 bridgehead atoms. The summed E-state index contributed by atoms with van der Waals surface area (Å²) in [5, 5.41) is 11.6. The normalized spacial score (nSPS) is 15.3. The van der Waals surface area contributed by atoms with Gasteiger partial charge < -0.3 is 28.6 Å². The quantitative estimate of drug-likeness (QED) is 0.270. The van der Waals surface area contributed by atoms with E-state index in [1.54, 1.807) is 48.5 Å². The smallest absolute Gasteiger partial charge is 0.290 e. The number of rotatable bonds is 10. The van der Waals surface area contributed by atoms with Crippen molar-refractivity contribution in [2.24, 2.45) is 0 Å². The second-order valence-corrected chi connectivity index (χ2v) is 9.32. The zero-order valence-corrected chi connectivity index (χ0v) is 22.0. The summed E-state index contributed by atoms with van der Waals surface area (Å²) in [6.45, 7) is 2.85. The van der Waals surface area contributed by atoms with Crippen molar-refractivity contribution < 1.29 is 33.3 Å². The fraction of sp³-hybridized carbons (Fsp3) is 0.226. The molecule has 1 atom stereocenters. The predicted molar refractivity (Wildman–Crippen MR) is 145 cm³/mol. The third-order valence-corrected chi connectivity index (χ3v) is 6.76. The van der Waals surface area contributed by atoms with Crippen LogP contribution >= 0.6 is 0 Å². The van der Waals surface area contributed by atoms with Crippen LogP contribution in [-0.4, -0.2) is 49.1 Å². The van der Waals surface area contributed by atoms with E-state index in [1.807, 2.05) is 31.2 Å². The van der Waals surface area contributed by atoms with Crippen molar-refractivity contribution in [1.82, 2.24) is 4.90 Å². The first-order valence-electron chi connectivity index (χ1n) is 12.5. The molecular weight excluding hydrogens is 498 g/mol. The molecule has 8 heteroatoms. The van der Waals surface area contributed by atoms with Gasteiger partial charge in [-0.05, 0) is 42.3 Å². The molecule has 8 nitrogen and oxygen atoms in total. The number of ketones is 1. The third-order valence-electron chi connectivity index (χ3n) is 6.76. The lowest BCUT2D eigenvalue weighted by molar-refractivity contribution is -0.130. The van der Waals surface area contributed by atoms with Crippen LogP contribution in [0.15, 0.2) is 88.5 Å². The van der Waals surface area contributed by atoms with Crippen molar-refractivity contribution in [2.45, 2.75) is 19.6 Å². The van der Waals surface area contributed by atoms with Gasteiger partial charge in [0.15, 0.2) is 22.9 Å². The topological polar surface area (TPSA) is 98.4 Å². The maximum Gasteiger partial charge on any atom is 0.290 e. The number of Topliss-reactive ketones (excluding diaryl/α,β-unsaturated/α-hetero) is 1. The van der Waals surface area contributed by atoms with E-state index in [4.69, 9.17) is 18.6 Å². The summed E-state index contributed by atoms with van der Waals surface area (Å²) >= 11 is 0. The van der Waals surface area contributed by atoms with Gasteiger partial charge in [0.05, 0.1) is 25.3 Å². The summed E-state index contributed by atoms with van der Waals surface area (Å²) in [5.41, 5.74) is 3.22. The molecule has 0 aliphatic carbocycles. The number of ether oxygens (including phenoxy) is 3. The van der Waals surface area contributed by atoms with Crippen LogP contribution in [0.4, 0.5) is 0 Å². The van der Waals surface area contributed by atoms with Gasteiger partial charge in [-0.25, -0.2) is 0 Å². The number of methoxy groups -OCH3 is 2. The van der Waals surface area contributed by atoms with E-state index in [-0.39, 0.29) is 24.5 Å². The number of hydrogen-bond acceptors (Lipinski definition) is 7. The lowest BCUT2D eigenvalue weighted by Crippen LogP contribution is -2.34. The van der Waals surface area contributed by atoms with Gasteiger partial charge in [-0.15, -0.1) is 0 Å². The van der Waals surface area contributed by atoms with Crippen LogP contribution < -0.4 is 9.47 Å². The zero-order chi connectivity index (χ0) is 27.5. The Labute approximate surface area is 226 Å². The molecule has 1 amide bonds. The number of carbonyl (C=O) groups is 2. The Kier molecular flexibility index (Phi) is 7.38. The van der Waals surface area contributed by atoms with Crippen molar-refractivity contribution >= 4 is 22.7 Å². The van der Waals surface area contributed by atoms with Crippen molar-refractivity contribution in [3.63, 3.8) is 0 Å². The van der Waals surface area contributed by atoms with Crippen LogP contribution in [0.1, 0.15) is 33.3 Å². The first-order chi connectivity index (χ1) is 18.9. The molecule has 1 unspecified atom stereocenters. The number of amides is 1. The van der Waals surface area contributed by atoms with Crippen molar-refractivity contribution in [3.05, 3.63) is 107 Å². The highest BCUT2D eigenvalue weighted by Gasteiger charge is 2.44. The Morgan fingerprint density at radius 1 is 1.03 bits per heavy atom. The minimum absolute atomic E-state index is 0.000456. The number of aliphatic hydroxyl groups is 1. The maximum absolute atomic E-state index is 13.7. The summed E-state index contributed by atoms with van der Waals surface area (Å²) in [6.07, 6.45) is 0. The molecule has 200 valence electrons. The van der Waals surface area contributed by atoms with Gasteiger partial charge in [0, 0.05) is 19.0 Å². The van der Waals surface area contributed by atoms with E-state index in [0.717, 1.165) is 5.56 Å². The Bertz CT molecular complexity index is 1530. The lowest BCUT2D eigenvalue weighted by atomic mass is 9.95. The standard InChI is InChI=1S/C31H29NO7/c1-19-7-9-20(10-8-19)18-38-23-13-11-21(12-14-23)27-26(29(34)31(35)32(27)15-16-36-2)28(33)25-17-22-5-4-6-24(37-3)30(22)39-25/h4-14,17,27,34H,15-16,18H2,1-3H3. The predicted octanol–water partition coefficient (Wildman–Crippen LogP) is 5.55. The van der Waals surface area contributed by atoms with E-state index in [2.05, 4.69) is 0 Å². The van der Waals surface area contributed by atoms with Crippen LogP contribution in [0.3, 0.4) is 0 Å². The molecule has 0 saturated carbocycles. The summed E-state index contributed by atoms with van der Waals surface area (Å²) < 4.78 is 22.3. The molecule has 2 heterocycles. The second-order valence-electron chi connectivity index (χ2n) is 9.32. The highest BCUT2D eigenvalue weighted by atomic mass is 16.5. The van der Waals surface area contributed by atoms with E-state index in [9.17, 15) is 14.7 Å². The van der Waals surface area contributed by atoms with Crippen LogP contribution in [-0.2, 0) is 16.1 Å². The van der Waals surface area contributed by atoms with Gasteiger partial charge in [-0.1, -0.05) is 54.1 Å². The van der Waals surface area contributed by atoms with Gasteiger partial charge >= 0.3 is 0 Å². The first-order valence-corrected chi connectivity index (χ1v) is 12.5. The SMILES string of the molecule is COCCN1C(=O)C(O)=C(C(=O)c2cc3cccc(OC)c3o2)C1c1ccc(OCc2ccc(C)cc2)cc1. The molecule has 1 aliphatic rings. The lowest BCUT2D eigenvalue weighted by Gasteiger charge is -2.26. The highest BCUT2D eigenvalue weighted by Crippen LogP contribution is 2.40. The fourth-order valence-electron chi connectivity index (χ4n) is 4.69. The molecule has 0 saturated heterocycles. The first kappa shape index (κ1) is 26.1. The molecule has 3 aromatic carbocycles. The number of aliphatic hydroxyl groups excluding tert-OH is 1. The summed E-state index contributed by atoms with van der Waals surface area (Å²) in [4.78, 5) is 28.3. The molecule has 0 spiro atoms. The number of hydrogen-bond donors (Lipinski definition) is 1. The van der Waals surface area contributed by atoms with Gasteiger partial charge in [-0.2, -0.15) is 0 Å². The van der Waals surface area contributed by atoms with Crippen LogP contribution in [0, 0.1) is 6.92 Å². The monoisotopic (exact) mass is 527 g/mol. The van der Waals surface area contributed by atoms with Gasteiger partial charge in [-0.3, -0.25) is 9.59 Å². The number of furan rings is 1. The van der Waals surface area contributed by atoms with Crippen LogP contribution in [0.5, 0.6) is 11.5 Å². The summed E-state index contributed by atoms with van der Waals surface area (Å²) in [5.74, 6) is -0.712. The molecule has 1 aromatic heterocycles. The number of fused-ring (bicyclic) bond motifs is 1.